The minimum Gasteiger partial charge on any atom is -0.462 e. The van der Waals surface area contributed by atoms with Gasteiger partial charge in [0.05, 0.1) is 17.2 Å². The van der Waals surface area contributed by atoms with Crippen LogP contribution < -0.4 is 0 Å². The monoisotopic (exact) mass is 504 g/mol. The number of nitrogens with zero attached hydrogens (tertiary/aromatic N) is 4. The first-order valence-electron chi connectivity index (χ1n) is 11.9. The molecule has 186 valence electrons. The van der Waals surface area contributed by atoms with E-state index in [4.69, 9.17) is 9.84 Å². The number of hydrogen-bond acceptors (Lipinski definition) is 6. The minimum atomic E-state index is -3.67. The van der Waals surface area contributed by atoms with Crippen LogP contribution in [0.15, 0.2) is 71.3 Å². The van der Waals surface area contributed by atoms with Crippen LogP contribution in [0.25, 0.3) is 23.0 Å². The second-order valence-corrected chi connectivity index (χ2v) is 10.7. The van der Waals surface area contributed by atoms with Crippen molar-refractivity contribution in [1.82, 2.24) is 14.1 Å². The van der Waals surface area contributed by atoms with E-state index in [9.17, 15) is 18.5 Å². The fourth-order valence-electron chi connectivity index (χ4n) is 4.11. The van der Waals surface area contributed by atoms with Gasteiger partial charge in [0.1, 0.15) is 17.3 Å². The molecule has 0 saturated carbocycles. The Morgan fingerprint density at radius 3 is 2.56 bits per heavy atom. The van der Waals surface area contributed by atoms with Gasteiger partial charge in [-0.15, -0.1) is 0 Å². The molecule has 0 amide bonds. The summed E-state index contributed by atoms with van der Waals surface area (Å²) in [4.78, 5) is 12.4. The van der Waals surface area contributed by atoms with Gasteiger partial charge < -0.3 is 4.74 Å². The maximum atomic E-state index is 13.4. The van der Waals surface area contributed by atoms with Crippen LogP contribution >= 0.6 is 0 Å². The van der Waals surface area contributed by atoms with Crippen molar-refractivity contribution in [2.24, 2.45) is 5.92 Å². The summed E-state index contributed by atoms with van der Waals surface area (Å²) in [6.07, 6.45) is 4.79. The topological polar surface area (TPSA) is 105 Å². The Labute approximate surface area is 211 Å². The Balaban J connectivity index is 1.80. The molecule has 1 aromatic heterocycles. The molecule has 0 unspecified atom stereocenters. The Kier molecular flexibility index (Phi) is 7.67. The second-order valence-electron chi connectivity index (χ2n) is 8.72. The third-order valence-electron chi connectivity index (χ3n) is 6.17. The molecule has 0 radical (unpaired) electrons. The number of ether oxygens (including phenoxy) is 1. The summed E-state index contributed by atoms with van der Waals surface area (Å²) in [6, 6.07) is 17.9. The third kappa shape index (κ3) is 5.40. The summed E-state index contributed by atoms with van der Waals surface area (Å²) in [6.45, 7) is 4.93. The van der Waals surface area contributed by atoms with E-state index in [0.29, 0.717) is 35.8 Å². The highest BCUT2D eigenvalue weighted by Gasteiger charge is 2.28. The van der Waals surface area contributed by atoms with Crippen LogP contribution in [-0.2, 0) is 19.6 Å². The molecule has 8 nitrogen and oxygen atoms in total. The summed E-state index contributed by atoms with van der Waals surface area (Å²) in [5.41, 5.74) is 2.10. The normalized spacial score (nSPS) is 15.4. The van der Waals surface area contributed by atoms with Gasteiger partial charge in [-0.3, -0.25) is 0 Å². The SMILES string of the molecule is CCOC(=O)C(C#N)=Cc1cn(-c2ccccc2)nc1-c1cccc(S(=O)(=O)N2CCC(C)CC2)c1. The van der Waals surface area contributed by atoms with Crippen LogP contribution in [0.4, 0.5) is 0 Å². The molecule has 9 heteroatoms. The predicted octanol–water partition coefficient (Wildman–Crippen LogP) is 4.43. The van der Waals surface area contributed by atoms with E-state index in [0.717, 1.165) is 18.5 Å². The van der Waals surface area contributed by atoms with Gasteiger partial charge in [-0.25, -0.2) is 17.9 Å². The zero-order valence-electron chi connectivity index (χ0n) is 20.3. The molecular formula is C27H28N4O4S. The first kappa shape index (κ1) is 25.4. The molecule has 0 atom stereocenters. The number of rotatable bonds is 7. The molecule has 2 heterocycles. The lowest BCUT2D eigenvalue weighted by Gasteiger charge is -2.29. The molecule has 0 bridgehead atoms. The van der Waals surface area contributed by atoms with E-state index in [1.54, 1.807) is 42.1 Å². The van der Waals surface area contributed by atoms with Gasteiger partial charge in [0, 0.05) is 30.4 Å². The Bertz CT molecular complexity index is 1410. The van der Waals surface area contributed by atoms with Gasteiger partial charge in [-0.05, 0) is 56.0 Å². The number of carbonyl (C=O) groups is 1. The van der Waals surface area contributed by atoms with Crippen molar-refractivity contribution >= 4 is 22.1 Å². The molecule has 1 fully saturated rings. The number of carbonyl (C=O) groups excluding carboxylic acids is 1. The smallest absolute Gasteiger partial charge is 0.348 e. The zero-order chi connectivity index (χ0) is 25.7. The van der Waals surface area contributed by atoms with Crippen molar-refractivity contribution in [2.75, 3.05) is 19.7 Å². The molecule has 36 heavy (non-hydrogen) atoms. The fraction of sp³-hybridized carbons (Fsp3) is 0.296. The largest absolute Gasteiger partial charge is 0.462 e. The number of esters is 1. The lowest BCUT2D eigenvalue weighted by atomic mass is 10.0. The van der Waals surface area contributed by atoms with Crippen LogP contribution in [0.3, 0.4) is 0 Å². The average Bonchev–Trinajstić information content (AvgIpc) is 3.32. The summed E-state index contributed by atoms with van der Waals surface area (Å²) in [7, 11) is -3.67. The molecule has 1 saturated heterocycles. The predicted molar refractivity (Wildman–Crippen MR) is 136 cm³/mol. The van der Waals surface area contributed by atoms with Crippen LogP contribution in [0, 0.1) is 17.2 Å². The molecule has 1 aliphatic heterocycles. The van der Waals surface area contributed by atoms with Gasteiger partial charge in [0.15, 0.2) is 0 Å². The summed E-state index contributed by atoms with van der Waals surface area (Å²) in [5.74, 6) is -0.220. The maximum absolute atomic E-state index is 13.4. The van der Waals surface area contributed by atoms with E-state index in [1.165, 1.54) is 10.4 Å². The van der Waals surface area contributed by atoms with Crippen molar-refractivity contribution in [3.05, 3.63) is 71.9 Å². The first-order chi connectivity index (χ1) is 17.3. The van der Waals surface area contributed by atoms with E-state index >= 15 is 0 Å². The van der Waals surface area contributed by atoms with Crippen molar-refractivity contribution in [1.29, 1.82) is 5.26 Å². The Morgan fingerprint density at radius 1 is 1.17 bits per heavy atom. The molecule has 1 aliphatic rings. The van der Waals surface area contributed by atoms with Crippen molar-refractivity contribution < 1.29 is 17.9 Å². The maximum Gasteiger partial charge on any atom is 0.348 e. The Morgan fingerprint density at radius 2 is 1.89 bits per heavy atom. The molecule has 0 N–H and O–H groups in total. The van der Waals surface area contributed by atoms with Gasteiger partial charge in [-0.1, -0.05) is 37.3 Å². The number of piperidine rings is 1. The number of nitriles is 1. The molecule has 0 spiro atoms. The zero-order valence-corrected chi connectivity index (χ0v) is 21.1. The summed E-state index contributed by atoms with van der Waals surface area (Å²) >= 11 is 0. The van der Waals surface area contributed by atoms with Crippen LogP contribution in [0.5, 0.6) is 0 Å². The standard InChI is InChI=1S/C27H28N4O4S/c1-3-35-27(32)22(18-28)16-23-19-31(24-9-5-4-6-10-24)29-26(23)21-8-7-11-25(17-21)36(33,34)30-14-12-20(2)13-15-30/h4-11,16-17,19-20H,3,12-15H2,1-2H3. The lowest BCUT2D eigenvalue weighted by Crippen LogP contribution is -2.37. The molecule has 3 aromatic rings. The van der Waals surface area contributed by atoms with E-state index in [2.05, 4.69) is 6.92 Å². The second kappa shape index (κ2) is 10.9. The number of benzene rings is 2. The molecular weight excluding hydrogens is 476 g/mol. The van der Waals surface area contributed by atoms with E-state index in [-0.39, 0.29) is 17.1 Å². The lowest BCUT2D eigenvalue weighted by molar-refractivity contribution is -0.137. The highest BCUT2D eigenvalue weighted by atomic mass is 32.2. The van der Waals surface area contributed by atoms with Crippen molar-refractivity contribution in [2.45, 2.75) is 31.6 Å². The van der Waals surface area contributed by atoms with Crippen molar-refractivity contribution in [3.63, 3.8) is 0 Å². The number of sulfonamides is 1. The van der Waals surface area contributed by atoms with Gasteiger partial charge in [0.25, 0.3) is 0 Å². The fourth-order valence-corrected chi connectivity index (χ4v) is 5.63. The van der Waals surface area contributed by atoms with E-state index in [1.807, 2.05) is 36.4 Å². The van der Waals surface area contributed by atoms with Crippen molar-refractivity contribution in [3.8, 4) is 23.0 Å². The number of para-hydroxylation sites is 1. The van der Waals surface area contributed by atoms with Gasteiger partial charge in [-0.2, -0.15) is 14.7 Å². The highest BCUT2D eigenvalue weighted by molar-refractivity contribution is 7.89. The summed E-state index contributed by atoms with van der Waals surface area (Å²) in [5, 5.41) is 14.2. The van der Waals surface area contributed by atoms with Crippen LogP contribution in [0.1, 0.15) is 32.3 Å². The quantitative estimate of drug-likeness (QED) is 0.268. The minimum absolute atomic E-state index is 0.142. The molecule has 0 aliphatic carbocycles. The Hall–Kier alpha value is -3.74. The average molecular weight is 505 g/mol. The van der Waals surface area contributed by atoms with Crippen LogP contribution in [0.2, 0.25) is 0 Å². The first-order valence-corrected chi connectivity index (χ1v) is 13.3. The number of hydrogen-bond donors (Lipinski definition) is 0. The molecule has 4 rings (SSSR count). The summed E-state index contributed by atoms with van der Waals surface area (Å²) < 4.78 is 34.9. The van der Waals surface area contributed by atoms with Gasteiger partial charge >= 0.3 is 5.97 Å². The third-order valence-corrected chi connectivity index (χ3v) is 8.06. The van der Waals surface area contributed by atoms with Gasteiger partial charge in [0.2, 0.25) is 10.0 Å². The van der Waals surface area contributed by atoms with E-state index < -0.39 is 16.0 Å². The number of aromatic nitrogens is 2. The molecule has 2 aromatic carbocycles. The van der Waals surface area contributed by atoms with Crippen LogP contribution in [-0.4, -0.2) is 48.2 Å². The highest BCUT2D eigenvalue weighted by Crippen LogP contribution is 2.30.